The number of rotatable bonds is 5. The number of nitrogens with zero attached hydrogens (tertiary/aromatic N) is 6. The fraction of sp³-hybridized carbons (Fsp3) is 0.150. The highest BCUT2D eigenvalue weighted by molar-refractivity contribution is 6.24. The summed E-state index contributed by atoms with van der Waals surface area (Å²) in [4.78, 5) is 15.2. The smallest absolute Gasteiger partial charge is 0.307 e. The first-order valence-electron chi connectivity index (χ1n) is 23.3. The minimum absolute atomic E-state index is 0.000849. The quantitative estimate of drug-likeness (QED) is 0.173. The van der Waals surface area contributed by atoms with E-state index in [0.29, 0.717) is 28.4 Å². The number of alkyl halides is 3. The molecular weight excluding hydrogens is 862 g/mol. The van der Waals surface area contributed by atoms with Gasteiger partial charge in [-0.15, -0.1) is 0 Å². The summed E-state index contributed by atoms with van der Waals surface area (Å²) in [6.07, 6.45) is -4.77. The molecule has 0 amide bonds. The number of hydrogen-bond acceptors (Lipinski definition) is 3. The van der Waals surface area contributed by atoms with E-state index in [0.717, 1.165) is 60.1 Å². The fourth-order valence-corrected chi connectivity index (χ4v) is 10.2. The predicted octanol–water partition coefficient (Wildman–Crippen LogP) is 16.1. The number of benzene rings is 8. The Bertz CT molecular complexity index is 3940. The number of halogens is 3. The summed E-state index contributed by atoms with van der Waals surface area (Å²) < 4.78 is 54.3. The maximum atomic E-state index is 16.1. The second-order valence-electron chi connectivity index (χ2n) is 20.1. The van der Waals surface area contributed by atoms with Crippen LogP contribution in [0.25, 0.3) is 106 Å². The molecule has 4 aromatic heterocycles. The van der Waals surface area contributed by atoms with Gasteiger partial charge in [0.05, 0.1) is 44.4 Å². The molecular formula is C60H47F3N6. The Kier molecular flexibility index (Phi) is 9.35. The van der Waals surface area contributed by atoms with Crippen LogP contribution in [-0.2, 0) is 17.0 Å². The molecule has 0 bridgehead atoms. The van der Waals surface area contributed by atoms with Gasteiger partial charge in [-0.3, -0.25) is 4.57 Å². The second kappa shape index (κ2) is 15.2. The van der Waals surface area contributed by atoms with Gasteiger partial charge < -0.3 is 9.13 Å². The molecule has 0 aliphatic heterocycles. The summed E-state index contributed by atoms with van der Waals surface area (Å²) >= 11 is 0. The first-order chi connectivity index (χ1) is 33.1. The highest BCUT2D eigenvalue weighted by Gasteiger charge is 2.36. The second-order valence-corrected chi connectivity index (χ2v) is 20.1. The molecule has 0 aliphatic carbocycles. The summed E-state index contributed by atoms with van der Waals surface area (Å²) in [5, 5.41) is 5.73. The Balaban J connectivity index is 1.13. The minimum Gasteiger partial charge on any atom is -0.307 e. The molecule has 69 heavy (non-hydrogen) atoms. The van der Waals surface area contributed by atoms with E-state index in [-0.39, 0.29) is 27.9 Å². The van der Waals surface area contributed by atoms with Gasteiger partial charge >= 0.3 is 6.18 Å². The van der Waals surface area contributed by atoms with Gasteiger partial charge in [-0.25, -0.2) is 4.98 Å². The Hall–Kier alpha value is -8.04. The number of hydrogen-bond donors (Lipinski definition) is 0. The molecule has 0 aliphatic rings. The lowest BCUT2D eigenvalue weighted by Gasteiger charge is -2.19. The van der Waals surface area contributed by atoms with Gasteiger partial charge in [0.25, 0.3) is 0 Å². The van der Waals surface area contributed by atoms with Gasteiger partial charge in [0, 0.05) is 49.1 Å². The maximum absolute atomic E-state index is 16.1. The first kappa shape index (κ1) is 42.3. The fourth-order valence-electron chi connectivity index (χ4n) is 10.2. The summed E-state index contributed by atoms with van der Waals surface area (Å²) in [5.41, 5.74) is 8.04. The van der Waals surface area contributed by atoms with Crippen LogP contribution in [0.5, 0.6) is 0 Å². The number of fused-ring (bicyclic) bond motifs is 10. The molecule has 338 valence electrons. The third-order valence-corrected chi connectivity index (χ3v) is 13.6. The van der Waals surface area contributed by atoms with Gasteiger partial charge in [0.2, 0.25) is 5.95 Å². The SMILES string of the molecule is CC(C)(C)c1ccc2c(c1)c1cc(C(C)(C)C)ccc1n2-c1nc(-c2ccccc2)nc(-c2ccc(-n3c4ccccc4c4ccc5c6ccccc6n(-c6ccccc6)c5c43)c(C(F)(F)F)c2)n1. The van der Waals surface area contributed by atoms with Gasteiger partial charge in [0.1, 0.15) is 0 Å². The van der Waals surface area contributed by atoms with Crippen LogP contribution in [0.3, 0.4) is 0 Å². The van der Waals surface area contributed by atoms with Crippen molar-refractivity contribution in [1.29, 1.82) is 0 Å². The van der Waals surface area contributed by atoms with Crippen LogP contribution < -0.4 is 0 Å². The molecule has 0 N–H and O–H groups in total. The van der Waals surface area contributed by atoms with E-state index in [1.807, 2.05) is 108 Å². The van der Waals surface area contributed by atoms with Crippen molar-refractivity contribution in [3.63, 3.8) is 0 Å². The van der Waals surface area contributed by atoms with E-state index in [1.54, 1.807) is 16.7 Å². The van der Waals surface area contributed by atoms with Crippen LogP contribution in [-0.4, -0.2) is 28.7 Å². The van der Waals surface area contributed by atoms with Crippen molar-refractivity contribution in [2.75, 3.05) is 0 Å². The van der Waals surface area contributed by atoms with E-state index in [4.69, 9.17) is 15.0 Å². The maximum Gasteiger partial charge on any atom is 0.418 e. The van der Waals surface area contributed by atoms with Crippen molar-refractivity contribution in [2.45, 2.75) is 58.5 Å². The molecule has 12 aromatic rings. The van der Waals surface area contributed by atoms with Crippen LogP contribution in [0, 0.1) is 0 Å². The molecule has 9 heteroatoms. The zero-order valence-electron chi connectivity index (χ0n) is 39.1. The van der Waals surface area contributed by atoms with Crippen LogP contribution in [0.1, 0.15) is 58.2 Å². The van der Waals surface area contributed by atoms with Crippen LogP contribution in [0.2, 0.25) is 0 Å². The third kappa shape index (κ3) is 6.81. The molecule has 0 saturated heterocycles. The Morgan fingerprint density at radius 1 is 0.377 bits per heavy atom. The monoisotopic (exact) mass is 908 g/mol. The molecule has 4 heterocycles. The molecule has 0 fully saturated rings. The van der Waals surface area contributed by atoms with E-state index >= 15 is 13.2 Å². The highest BCUT2D eigenvalue weighted by atomic mass is 19.4. The van der Waals surface area contributed by atoms with Gasteiger partial charge in [0.15, 0.2) is 11.6 Å². The molecule has 12 rings (SSSR count). The molecule has 0 atom stereocenters. The van der Waals surface area contributed by atoms with Gasteiger partial charge in [-0.2, -0.15) is 23.1 Å². The van der Waals surface area contributed by atoms with Crippen molar-refractivity contribution in [1.82, 2.24) is 28.7 Å². The minimum atomic E-state index is -4.77. The standard InChI is InChI=1S/C60H47F3N6/c1-58(2,3)38-26-31-50-45(34-38)46-35-39(59(4,5)6)27-32-51(46)69(50)57-65-55(36-17-9-7-10-18-36)64-56(66-57)37-25-30-52(47(33-37)60(61,62)63)68-49-24-16-14-22-42(49)44-29-28-43-41-21-13-15-23-48(41)67(53(43)54(44)68)40-19-11-8-12-20-40/h7-35H,1-6H3. The third-order valence-electron chi connectivity index (χ3n) is 13.6. The Morgan fingerprint density at radius 3 is 1.41 bits per heavy atom. The van der Waals surface area contributed by atoms with Crippen LogP contribution in [0.4, 0.5) is 13.2 Å². The van der Waals surface area contributed by atoms with Crippen LogP contribution in [0.15, 0.2) is 176 Å². The summed E-state index contributed by atoms with van der Waals surface area (Å²) in [5.74, 6) is 0.777. The van der Waals surface area contributed by atoms with E-state index in [1.165, 1.54) is 17.2 Å². The van der Waals surface area contributed by atoms with Crippen molar-refractivity contribution in [3.8, 4) is 40.1 Å². The Labute approximate surface area is 397 Å². The topological polar surface area (TPSA) is 53.5 Å². The largest absolute Gasteiger partial charge is 0.418 e. The normalized spacial score (nSPS) is 12.7. The molecule has 0 unspecified atom stereocenters. The van der Waals surface area contributed by atoms with Gasteiger partial charge in [-0.05, 0) is 88.7 Å². The average Bonchev–Trinajstić information content (AvgIpc) is 3.99. The number of para-hydroxylation sites is 3. The van der Waals surface area contributed by atoms with Gasteiger partial charge in [-0.1, -0.05) is 151 Å². The summed E-state index contributed by atoms with van der Waals surface area (Å²) in [6, 6.07) is 57.0. The first-order valence-corrected chi connectivity index (χ1v) is 23.3. The van der Waals surface area contributed by atoms with Crippen molar-refractivity contribution < 1.29 is 13.2 Å². The van der Waals surface area contributed by atoms with E-state index in [9.17, 15) is 0 Å². The molecule has 0 radical (unpaired) electrons. The average molecular weight is 909 g/mol. The van der Waals surface area contributed by atoms with Crippen LogP contribution >= 0.6 is 0 Å². The lowest BCUT2D eigenvalue weighted by Crippen LogP contribution is -2.12. The van der Waals surface area contributed by atoms with Crippen molar-refractivity contribution in [2.24, 2.45) is 0 Å². The van der Waals surface area contributed by atoms with E-state index in [2.05, 4.69) is 101 Å². The lowest BCUT2D eigenvalue weighted by atomic mass is 9.85. The Morgan fingerprint density at radius 2 is 0.855 bits per heavy atom. The van der Waals surface area contributed by atoms with E-state index < -0.39 is 11.7 Å². The van der Waals surface area contributed by atoms with Crippen molar-refractivity contribution in [3.05, 3.63) is 193 Å². The zero-order valence-corrected chi connectivity index (χ0v) is 39.1. The molecule has 0 spiro atoms. The zero-order chi connectivity index (χ0) is 47.6. The number of aromatic nitrogens is 6. The lowest BCUT2D eigenvalue weighted by molar-refractivity contribution is -0.137. The molecule has 6 nitrogen and oxygen atoms in total. The molecule has 8 aromatic carbocycles. The summed E-state index contributed by atoms with van der Waals surface area (Å²) in [7, 11) is 0. The molecule has 0 saturated carbocycles. The van der Waals surface area contributed by atoms with Crippen molar-refractivity contribution >= 4 is 65.4 Å². The highest BCUT2D eigenvalue weighted by Crippen LogP contribution is 2.45. The predicted molar refractivity (Wildman–Crippen MR) is 276 cm³/mol. The summed E-state index contributed by atoms with van der Waals surface area (Å²) in [6.45, 7) is 13.2.